The number of para-hydroxylation sites is 1. The van der Waals surface area contributed by atoms with Gasteiger partial charge in [0.25, 0.3) is 0 Å². The van der Waals surface area contributed by atoms with E-state index < -0.39 is 0 Å². The lowest BCUT2D eigenvalue weighted by Gasteiger charge is -2.21. The monoisotopic (exact) mass is 756 g/mol. The van der Waals surface area contributed by atoms with Gasteiger partial charge >= 0.3 is 0 Å². The average Bonchev–Trinajstić information content (AvgIpc) is 3.91. The van der Waals surface area contributed by atoms with E-state index in [1.165, 1.54) is 44.1 Å². The highest BCUT2D eigenvalue weighted by molar-refractivity contribution is 6.14. The topological polar surface area (TPSA) is 56.7 Å². The van der Waals surface area contributed by atoms with Crippen LogP contribution in [0.1, 0.15) is 25.0 Å². The van der Waals surface area contributed by atoms with Gasteiger partial charge in [0.05, 0.1) is 11.0 Å². The predicted octanol–water partition coefficient (Wildman–Crippen LogP) is 13.8. The van der Waals surface area contributed by atoms with Gasteiger partial charge in [-0.15, -0.1) is 0 Å². The molecule has 11 aromatic rings. The van der Waals surface area contributed by atoms with Crippen molar-refractivity contribution in [3.63, 3.8) is 0 Å². The molecule has 3 heterocycles. The first-order valence-corrected chi connectivity index (χ1v) is 20.1. The SMILES string of the molecule is CC1(C)c2ccccc2-c2cc3c4ccc(-c5ccc6oc7cccc(-c8nc(-c9ccccc9)nc(-c9ccccc9)n8)c7c6c5)cc4n(-c4ccccc4)c3cc21. The Bertz CT molecular complexity index is 3400. The Kier molecular flexibility index (Phi) is 7.20. The molecule has 0 atom stereocenters. The van der Waals surface area contributed by atoms with Crippen LogP contribution in [0.4, 0.5) is 0 Å². The van der Waals surface area contributed by atoms with E-state index in [1.54, 1.807) is 0 Å². The molecule has 1 aliphatic rings. The molecule has 0 bridgehead atoms. The van der Waals surface area contributed by atoms with Gasteiger partial charge in [-0.3, -0.25) is 0 Å². The maximum absolute atomic E-state index is 6.53. The van der Waals surface area contributed by atoms with Crippen molar-refractivity contribution in [1.29, 1.82) is 0 Å². The number of fused-ring (bicyclic) bond motifs is 9. The highest BCUT2D eigenvalue weighted by atomic mass is 16.3. The van der Waals surface area contributed by atoms with Gasteiger partial charge < -0.3 is 8.98 Å². The largest absolute Gasteiger partial charge is 0.456 e. The number of aromatic nitrogens is 4. The molecule has 0 saturated carbocycles. The minimum Gasteiger partial charge on any atom is -0.456 e. The van der Waals surface area contributed by atoms with E-state index in [-0.39, 0.29) is 5.41 Å². The number of nitrogens with zero attached hydrogens (tertiary/aromatic N) is 4. The van der Waals surface area contributed by atoms with Crippen LogP contribution in [0.5, 0.6) is 0 Å². The molecule has 1 aliphatic carbocycles. The Labute approximate surface area is 340 Å². The molecule has 0 saturated heterocycles. The van der Waals surface area contributed by atoms with Gasteiger partial charge in [-0.1, -0.05) is 147 Å². The summed E-state index contributed by atoms with van der Waals surface area (Å²) in [5, 5.41) is 4.47. The van der Waals surface area contributed by atoms with Crippen molar-refractivity contribution in [1.82, 2.24) is 19.5 Å². The molecule has 5 heteroatoms. The lowest BCUT2D eigenvalue weighted by atomic mass is 9.82. The molecule has 0 amide bonds. The predicted molar refractivity (Wildman–Crippen MR) is 241 cm³/mol. The Morgan fingerprint density at radius 3 is 1.76 bits per heavy atom. The fraction of sp³-hybridized carbons (Fsp3) is 0.0556. The van der Waals surface area contributed by atoms with E-state index in [0.717, 1.165) is 55.4 Å². The number of rotatable bonds is 5. The van der Waals surface area contributed by atoms with Gasteiger partial charge in [-0.2, -0.15) is 0 Å². The third-order valence-corrected chi connectivity index (χ3v) is 12.3. The normalized spacial score (nSPS) is 13.1. The van der Waals surface area contributed by atoms with Gasteiger partial charge in [-0.05, 0) is 81.9 Å². The minimum absolute atomic E-state index is 0.0988. The zero-order valence-electron chi connectivity index (χ0n) is 32.5. The molecule has 0 unspecified atom stereocenters. The second kappa shape index (κ2) is 12.7. The Balaban J connectivity index is 1.05. The van der Waals surface area contributed by atoms with E-state index in [2.05, 4.69) is 128 Å². The second-order valence-electron chi connectivity index (χ2n) is 16.0. The lowest BCUT2D eigenvalue weighted by molar-refractivity contribution is 0.661. The van der Waals surface area contributed by atoms with Gasteiger partial charge in [0.1, 0.15) is 11.2 Å². The first kappa shape index (κ1) is 33.5. The van der Waals surface area contributed by atoms with Crippen molar-refractivity contribution in [2.45, 2.75) is 19.3 Å². The summed E-state index contributed by atoms with van der Waals surface area (Å²) in [5.41, 5.74) is 15.4. The van der Waals surface area contributed by atoms with E-state index >= 15 is 0 Å². The number of benzene rings is 8. The fourth-order valence-corrected chi connectivity index (χ4v) is 9.37. The third kappa shape index (κ3) is 5.14. The first-order valence-electron chi connectivity index (χ1n) is 20.1. The molecule has 278 valence electrons. The van der Waals surface area contributed by atoms with Crippen molar-refractivity contribution < 1.29 is 4.42 Å². The van der Waals surface area contributed by atoms with Gasteiger partial charge in [0.2, 0.25) is 0 Å². The molecule has 59 heavy (non-hydrogen) atoms. The molecular weight excluding hydrogens is 721 g/mol. The summed E-state index contributed by atoms with van der Waals surface area (Å²) in [6.45, 7) is 4.70. The molecular formula is C54H36N4O. The van der Waals surface area contributed by atoms with Crippen LogP contribution in [-0.2, 0) is 5.41 Å². The van der Waals surface area contributed by atoms with E-state index in [9.17, 15) is 0 Å². The third-order valence-electron chi connectivity index (χ3n) is 12.3. The van der Waals surface area contributed by atoms with E-state index in [0.29, 0.717) is 17.5 Å². The Morgan fingerprint density at radius 1 is 0.407 bits per heavy atom. The summed E-state index contributed by atoms with van der Waals surface area (Å²) >= 11 is 0. The van der Waals surface area contributed by atoms with Gasteiger partial charge in [0.15, 0.2) is 17.5 Å². The molecule has 3 aromatic heterocycles. The average molecular weight is 757 g/mol. The van der Waals surface area contributed by atoms with Gasteiger partial charge in [-0.25, -0.2) is 15.0 Å². The van der Waals surface area contributed by atoms with Crippen LogP contribution in [0.25, 0.3) is 106 Å². The summed E-state index contributed by atoms with van der Waals surface area (Å²) in [6, 6.07) is 64.2. The molecule has 8 aromatic carbocycles. The summed E-state index contributed by atoms with van der Waals surface area (Å²) < 4.78 is 8.96. The van der Waals surface area contributed by atoms with Crippen LogP contribution < -0.4 is 0 Å². The highest BCUT2D eigenvalue weighted by Crippen LogP contribution is 2.51. The van der Waals surface area contributed by atoms with Gasteiger partial charge in [0, 0.05) is 49.3 Å². The number of furan rings is 1. The summed E-state index contributed by atoms with van der Waals surface area (Å²) in [5.74, 6) is 1.85. The van der Waals surface area contributed by atoms with Crippen LogP contribution >= 0.6 is 0 Å². The standard InChI is InChI=1S/C54H36N4O/c1-54(2)44-23-13-12-21-38(44)41-31-42-39-27-25-36(30-46(39)58(47(42)32-45(41)54)37-19-10-5-11-20-37)35-26-28-48-43(29-35)50-40(22-14-24-49(50)59-48)53-56-51(33-15-6-3-7-16-33)55-52(57-53)34-17-8-4-9-18-34/h3-32H,1-2H3. The van der Waals surface area contributed by atoms with Crippen molar-refractivity contribution in [2.75, 3.05) is 0 Å². The molecule has 0 fully saturated rings. The van der Waals surface area contributed by atoms with Crippen molar-refractivity contribution in [3.8, 4) is 62.1 Å². The summed E-state index contributed by atoms with van der Waals surface area (Å²) in [4.78, 5) is 15.1. The highest BCUT2D eigenvalue weighted by Gasteiger charge is 2.36. The van der Waals surface area contributed by atoms with Crippen LogP contribution in [0.3, 0.4) is 0 Å². The fourth-order valence-electron chi connectivity index (χ4n) is 9.37. The maximum atomic E-state index is 6.53. The van der Waals surface area contributed by atoms with Crippen molar-refractivity contribution >= 4 is 43.7 Å². The molecule has 0 N–H and O–H groups in total. The number of hydrogen-bond acceptors (Lipinski definition) is 4. The zero-order valence-corrected chi connectivity index (χ0v) is 32.5. The number of hydrogen-bond donors (Lipinski definition) is 0. The molecule has 5 nitrogen and oxygen atoms in total. The van der Waals surface area contributed by atoms with Crippen LogP contribution in [0, 0.1) is 0 Å². The van der Waals surface area contributed by atoms with E-state index in [1.807, 2.05) is 72.8 Å². The smallest absolute Gasteiger partial charge is 0.164 e. The molecule has 0 radical (unpaired) electrons. The summed E-state index contributed by atoms with van der Waals surface area (Å²) in [6.07, 6.45) is 0. The maximum Gasteiger partial charge on any atom is 0.164 e. The molecule has 0 aliphatic heterocycles. The van der Waals surface area contributed by atoms with Crippen molar-refractivity contribution in [2.24, 2.45) is 0 Å². The summed E-state index contributed by atoms with van der Waals surface area (Å²) in [7, 11) is 0. The molecule has 12 rings (SSSR count). The zero-order chi connectivity index (χ0) is 39.2. The van der Waals surface area contributed by atoms with Crippen LogP contribution in [0.2, 0.25) is 0 Å². The Morgan fingerprint density at radius 2 is 1.02 bits per heavy atom. The molecule has 0 spiro atoms. The van der Waals surface area contributed by atoms with E-state index in [4.69, 9.17) is 19.4 Å². The minimum atomic E-state index is -0.0988. The van der Waals surface area contributed by atoms with Crippen LogP contribution in [0.15, 0.2) is 186 Å². The quantitative estimate of drug-likeness (QED) is 0.175. The second-order valence-corrected chi connectivity index (χ2v) is 16.0. The first-order chi connectivity index (χ1) is 29.0. The van der Waals surface area contributed by atoms with Crippen LogP contribution in [-0.4, -0.2) is 19.5 Å². The van der Waals surface area contributed by atoms with Crippen molar-refractivity contribution in [3.05, 3.63) is 193 Å². The lowest BCUT2D eigenvalue weighted by Crippen LogP contribution is -2.14. The Hall–Kier alpha value is -7.63.